The van der Waals surface area contributed by atoms with Crippen molar-refractivity contribution in [1.82, 2.24) is 24.5 Å². The maximum Gasteiger partial charge on any atom is 0.263 e. The number of hydrogen-bond donors (Lipinski definition) is 1. The minimum absolute atomic E-state index is 0.0439. The third kappa shape index (κ3) is 6.02. The van der Waals surface area contributed by atoms with Crippen molar-refractivity contribution in [2.24, 2.45) is 0 Å². The fourth-order valence-corrected chi connectivity index (χ4v) is 7.51. The Balaban J connectivity index is 1.28. The highest BCUT2D eigenvalue weighted by atomic mass is 32.2. The molecule has 1 aliphatic rings. The number of nitrogens with zero attached hydrogens (tertiary/aromatic N) is 4. The van der Waals surface area contributed by atoms with E-state index in [0.29, 0.717) is 42.3 Å². The van der Waals surface area contributed by atoms with Crippen LogP contribution in [0, 0.1) is 0 Å². The van der Waals surface area contributed by atoms with Gasteiger partial charge in [-0.05, 0) is 56.7 Å². The molecule has 0 radical (unpaired) electrons. The molecule has 10 heteroatoms. The van der Waals surface area contributed by atoms with Crippen molar-refractivity contribution in [3.05, 3.63) is 92.6 Å². The molecule has 0 bridgehead atoms. The van der Waals surface area contributed by atoms with Crippen molar-refractivity contribution in [3.63, 3.8) is 0 Å². The van der Waals surface area contributed by atoms with Crippen LogP contribution in [-0.4, -0.2) is 42.5 Å². The number of nitrogens with one attached hydrogen (secondary N) is 1. The van der Waals surface area contributed by atoms with Gasteiger partial charge in [-0.15, -0.1) is 21.5 Å². The van der Waals surface area contributed by atoms with E-state index >= 15 is 0 Å². The number of benzene rings is 2. The van der Waals surface area contributed by atoms with Gasteiger partial charge in [0.05, 0.1) is 23.3 Å². The molecular formula is C32H35N5O3S2. The molecule has 0 spiro atoms. The number of thiophene rings is 1. The largest absolute Gasteiger partial charge is 0.370 e. The summed E-state index contributed by atoms with van der Waals surface area (Å²) in [7, 11) is 0. The fourth-order valence-electron chi connectivity index (χ4n) is 5.48. The van der Waals surface area contributed by atoms with Gasteiger partial charge in [0.25, 0.3) is 5.56 Å². The molecule has 6 rings (SSSR count). The molecule has 0 saturated heterocycles. The minimum atomic E-state index is -0.350. The zero-order valence-corrected chi connectivity index (χ0v) is 25.8. The van der Waals surface area contributed by atoms with E-state index in [0.717, 1.165) is 33.7 Å². The van der Waals surface area contributed by atoms with Crippen LogP contribution in [0.5, 0.6) is 0 Å². The molecule has 4 heterocycles. The molecule has 0 unspecified atom stereocenters. The van der Waals surface area contributed by atoms with Crippen LogP contribution >= 0.6 is 23.1 Å². The van der Waals surface area contributed by atoms with Crippen LogP contribution in [-0.2, 0) is 41.9 Å². The van der Waals surface area contributed by atoms with Crippen LogP contribution in [0.4, 0.5) is 0 Å². The van der Waals surface area contributed by atoms with E-state index in [1.54, 1.807) is 15.9 Å². The second-order valence-electron chi connectivity index (χ2n) is 11.5. The molecule has 2 aromatic carbocycles. The molecule has 1 atom stereocenters. The van der Waals surface area contributed by atoms with Gasteiger partial charge < -0.3 is 10.1 Å². The SMILES string of the molecule is C[C@@H](CCc1ccccc1)NC(=O)CSc1nnc2n(CCc3ccccc3)c(=O)c3c4c(sc3n12)COC(C)(C)C4. The molecule has 42 heavy (non-hydrogen) atoms. The summed E-state index contributed by atoms with van der Waals surface area (Å²) in [6.07, 6.45) is 3.13. The molecule has 3 aromatic heterocycles. The van der Waals surface area contributed by atoms with Gasteiger partial charge in [-0.2, -0.15) is 0 Å². The van der Waals surface area contributed by atoms with E-state index < -0.39 is 0 Å². The minimum Gasteiger partial charge on any atom is -0.370 e. The highest BCUT2D eigenvalue weighted by Gasteiger charge is 2.32. The van der Waals surface area contributed by atoms with E-state index in [1.807, 2.05) is 47.7 Å². The molecule has 8 nitrogen and oxygen atoms in total. The summed E-state index contributed by atoms with van der Waals surface area (Å²) in [5.41, 5.74) is 3.07. The van der Waals surface area contributed by atoms with E-state index in [1.165, 1.54) is 17.3 Å². The van der Waals surface area contributed by atoms with E-state index in [2.05, 4.69) is 53.6 Å². The van der Waals surface area contributed by atoms with E-state index in [4.69, 9.17) is 4.74 Å². The molecule has 0 saturated carbocycles. The lowest BCUT2D eigenvalue weighted by Crippen LogP contribution is -2.34. The lowest BCUT2D eigenvalue weighted by molar-refractivity contribution is -0.119. The van der Waals surface area contributed by atoms with Crippen LogP contribution < -0.4 is 10.9 Å². The summed E-state index contributed by atoms with van der Waals surface area (Å²) in [6.45, 7) is 7.11. The highest BCUT2D eigenvalue weighted by Crippen LogP contribution is 2.38. The zero-order valence-electron chi connectivity index (χ0n) is 24.1. The Morgan fingerprint density at radius 2 is 1.76 bits per heavy atom. The third-order valence-electron chi connectivity index (χ3n) is 7.70. The summed E-state index contributed by atoms with van der Waals surface area (Å²) in [5.74, 6) is 0.662. The summed E-state index contributed by atoms with van der Waals surface area (Å²) in [4.78, 5) is 28.8. The van der Waals surface area contributed by atoms with E-state index in [-0.39, 0.29) is 28.9 Å². The van der Waals surface area contributed by atoms with Crippen molar-refractivity contribution >= 4 is 45.0 Å². The lowest BCUT2D eigenvalue weighted by atomic mass is 9.94. The molecule has 218 valence electrons. The van der Waals surface area contributed by atoms with Crippen LogP contribution in [0.3, 0.4) is 0 Å². The number of fused-ring (bicyclic) bond motifs is 5. The van der Waals surface area contributed by atoms with Gasteiger partial charge in [0.1, 0.15) is 4.83 Å². The summed E-state index contributed by atoms with van der Waals surface area (Å²) in [6, 6.07) is 20.5. The topological polar surface area (TPSA) is 90.5 Å². The Labute approximate surface area is 253 Å². The first kappa shape index (κ1) is 28.6. The Morgan fingerprint density at radius 1 is 1.07 bits per heavy atom. The molecule has 0 aliphatic carbocycles. The fraction of sp³-hybridized carbons (Fsp3) is 0.375. The highest BCUT2D eigenvalue weighted by molar-refractivity contribution is 7.99. The molecule has 5 aromatic rings. The number of ether oxygens (including phenoxy) is 1. The molecule has 0 fully saturated rings. The average molecular weight is 602 g/mol. The number of aromatic nitrogens is 4. The number of carbonyl (C=O) groups excluding carboxylic acids is 1. The van der Waals surface area contributed by atoms with Crippen LogP contribution in [0.15, 0.2) is 70.6 Å². The monoisotopic (exact) mass is 601 g/mol. The Hall–Kier alpha value is -3.47. The van der Waals surface area contributed by atoms with Gasteiger partial charge in [0.15, 0.2) is 5.16 Å². The predicted octanol–water partition coefficient (Wildman–Crippen LogP) is 5.43. The number of rotatable bonds is 10. The summed E-state index contributed by atoms with van der Waals surface area (Å²) >= 11 is 2.91. The Morgan fingerprint density at radius 3 is 2.48 bits per heavy atom. The van der Waals surface area contributed by atoms with Gasteiger partial charge in [0, 0.05) is 23.9 Å². The number of carbonyl (C=O) groups is 1. The summed E-state index contributed by atoms with van der Waals surface area (Å²) < 4.78 is 9.80. The summed E-state index contributed by atoms with van der Waals surface area (Å²) in [5, 5.41) is 13.4. The first-order valence-corrected chi connectivity index (χ1v) is 16.2. The van der Waals surface area contributed by atoms with Gasteiger partial charge in [-0.25, -0.2) is 4.40 Å². The maximum atomic E-state index is 14.0. The van der Waals surface area contributed by atoms with Gasteiger partial charge in [-0.1, -0.05) is 72.4 Å². The van der Waals surface area contributed by atoms with Crippen LogP contribution in [0.1, 0.15) is 48.8 Å². The number of hydrogen-bond acceptors (Lipinski definition) is 7. The molecule has 1 amide bonds. The van der Waals surface area contributed by atoms with Crippen molar-refractivity contribution in [3.8, 4) is 0 Å². The molecule has 1 N–H and O–H groups in total. The maximum absolute atomic E-state index is 14.0. The molecule has 1 aliphatic heterocycles. The van der Waals surface area contributed by atoms with Crippen LogP contribution in [0.2, 0.25) is 0 Å². The zero-order chi connectivity index (χ0) is 29.3. The van der Waals surface area contributed by atoms with Gasteiger partial charge >= 0.3 is 0 Å². The Bertz CT molecular complexity index is 1780. The smallest absolute Gasteiger partial charge is 0.263 e. The van der Waals surface area contributed by atoms with Crippen molar-refractivity contribution in [2.75, 3.05) is 5.75 Å². The van der Waals surface area contributed by atoms with E-state index in [9.17, 15) is 9.59 Å². The lowest BCUT2D eigenvalue weighted by Gasteiger charge is -2.29. The quantitative estimate of drug-likeness (QED) is 0.215. The second-order valence-corrected chi connectivity index (χ2v) is 13.5. The van der Waals surface area contributed by atoms with Gasteiger partial charge in [-0.3, -0.25) is 14.2 Å². The number of thioether (sulfide) groups is 1. The number of aryl methyl sites for hydroxylation is 3. The molecular weight excluding hydrogens is 567 g/mol. The predicted molar refractivity (Wildman–Crippen MR) is 168 cm³/mol. The average Bonchev–Trinajstić information content (AvgIpc) is 3.57. The van der Waals surface area contributed by atoms with Crippen LogP contribution in [0.25, 0.3) is 16.0 Å². The Kier molecular flexibility index (Phi) is 8.20. The van der Waals surface area contributed by atoms with Crippen molar-refractivity contribution in [2.45, 2.75) is 76.4 Å². The normalized spacial score (nSPS) is 15.1. The standard InChI is InChI=1S/C32H35N5O3S2/c1-21(14-15-22-10-6-4-7-11-22)33-26(38)20-41-31-35-34-30-36(17-16-23-12-8-5-9-13-23)28(39)27-24-18-32(2,3)40-19-25(24)42-29(27)37(30)31/h4-13,21H,14-20H2,1-3H3,(H,33,38)/t21-/m0/s1. The first-order chi connectivity index (χ1) is 20.3. The third-order valence-corrected chi connectivity index (χ3v) is 9.82. The van der Waals surface area contributed by atoms with Crippen molar-refractivity contribution in [1.29, 1.82) is 0 Å². The number of amides is 1. The second kappa shape index (κ2) is 12.0. The van der Waals surface area contributed by atoms with Crippen molar-refractivity contribution < 1.29 is 9.53 Å². The first-order valence-electron chi connectivity index (χ1n) is 14.4. The van der Waals surface area contributed by atoms with Gasteiger partial charge in [0.2, 0.25) is 11.7 Å².